The molecule has 1 aliphatic carbocycles. The Hall–Kier alpha value is -3.03. The number of carbonyl (C=O) groups is 2. The lowest BCUT2D eigenvalue weighted by Gasteiger charge is -2.16. The summed E-state index contributed by atoms with van der Waals surface area (Å²) in [5.41, 5.74) is 1.00. The molecule has 0 aliphatic heterocycles. The molecule has 3 rings (SSSR count). The SMILES string of the molecule is CC(NC(=O)CNc1cccc(C(F)(F)F)c1)c1ccc(NC(=O)C2CC2)cc1. The summed E-state index contributed by atoms with van der Waals surface area (Å²) in [5, 5.41) is 8.34. The fourth-order valence-corrected chi connectivity index (χ4v) is 2.81. The summed E-state index contributed by atoms with van der Waals surface area (Å²) in [6.45, 7) is 1.65. The molecule has 3 N–H and O–H groups in total. The molecular weight excluding hydrogens is 383 g/mol. The molecule has 0 aromatic heterocycles. The highest BCUT2D eigenvalue weighted by molar-refractivity contribution is 5.94. The Morgan fingerprint density at radius 1 is 1.07 bits per heavy atom. The molecule has 2 amide bonds. The van der Waals surface area contributed by atoms with Gasteiger partial charge in [-0.25, -0.2) is 0 Å². The molecule has 0 saturated heterocycles. The van der Waals surface area contributed by atoms with Crippen molar-refractivity contribution in [3.8, 4) is 0 Å². The van der Waals surface area contributed by atoms with Crippen LogP contribution in [0.4, 0.5) is 24.5 Å². The van der Waals surface area contributed by atoms with Gasteiger partial charge in [0, 0.05) is 17.3 Å². The standard InChI is InChI=1S/C21H22F3N3O2/c1-13(14-7-9-17(10-8-14)27-20(29)15-5-6-15)26-19(28)12-25-18-4-2-3-16(11-18)21(22,23)24/h2-4,7-11,13,15,25H,5-6,12H2,1H3,(H,26,28)(H,27,29). The van der Waals surface area contributed by atoms with Crippen molar-refractivity contribution >= 4 is 23.2 Å². The van der Waals surface area contributed by atoms with E-state index in [2.05, 4.69) is 16.0 Å². The van der Waals surface area contributed by atoms with E-state index in [0.717, 1.165) is 30.5 Å². The van der Waals surface area contributed by atoms with Crippen LogP contribution in [0.25, 0.3) is 0 Å². The number of rotatable bonds is 7. The van der Waals surface area contributed by atoms with Crippen LogP contribution in [0.2, 0.25) is 0 Å². The van der Waals surface area contributed by atoms with Gasteiger partial charge < -0.3 is 16.0 Å². The first-order valence-electron chi connectivity index (χ1n) is 9.33. The lowest BCUT2D eigenvalue weighted by Crippen LogP contribution is -2.32. The van der Waals surface area contributed by atoms with Gasteiger partial charge in [0.1, 0.15) is 0 Å². The van der Waals surface area contributed by atoms with Crippen LogP contribution in [0.3, 0.4) is 0 Å². The Morgan fingerprint density at radius 3 is 2.38 bits per heavy atom. The molecule has 2 aromatic carbocycles. The lowest BCUT2D eigenvalue weighted by atomic mass is 10.1. The van der Waals surface area contributed by atoms with Gasteiger partial charge in [-0.15, -0.1) is 0 Å². The Balaban J connectivity index is 1.49. The number of anilines is 2. The van der Waals surface area contributed by atoms with Gasteiger partial charge in [-0.05, 0) is 55.7 Å². The van der Waals surface area contributed by atoms with Gasteiger partial charge in [-0.3, -0.25) is 9.59 Å². The van der Waals surface area contributed by atoms with E-state index in [1.54, 1.807) is 19.1 Å². The number of alkyl halides is 3. The fourth-order valence-electron chi connectivity index (χ4n) is 2.81. The number of hydrogen-bond donors (Lipinski definition) is 3. The van der Waals surface area contributed by atoms with Crippen LogP contribution < -0.4 is 16.0 Å². The van der Waals surface area contributed by atoms with Gasteiger partial charge in [-0.1, -0.05) is 18.2 Å². The van der Waals surface area contributed by atoms with E-state index >= 15 is 0 Å². The zero-order chi connectivity index (χ0) is 21.0. The Labute approximate surface area is 166 Å². The third kappa shape index (κ3) is 5.97. The number of nitrogens with one attached hydrogen (secondary N) is 3. The number of benzene rings is 2. The third-order valence-electron chi connectivity index (χ3n) is 4.65. The quantitative estimate of drug-likeness (QED) is 0.642. The summed E-state index contributed by atoms with van der Waals surface area (Å²) in [5.74, 6) is -0.196. The fraction of sp³-hybridized carbons (Fsp3) is 0.333. The zero-order valence-electron chi connectivity index (χ0n) is 15.8. The Morgan fingerprint density at radius 2 is 1.76 bits per heavy atom. The molecule has 0 heterocycles. The summed E-state index contributed by atoms with van der Waals surface area (Å²) in [6.07, 6.45) is -2.57. The molecule has 8 heteroatoms. The minimum absolute atomic E-state index is 0.0276. The molecule has 1 fully saturated rings. The van der Waals surface area contributed by atoms with E-state index in [-0.39, 0.29) is 36.0 Å². The predicted octanol–water partition coefficient (Wildman–Crippen LogP) is 4.34. The maximum Gasteiger partial charge on any atom is 0.416 e. The highest BCUT2D eigenvalue weighted by Gasteiger charge is 2.30. The van der Waals surface area contributed by atoms with Crippen molar-refractivity contribution in [1.29, 1.82) is 0 Å². The number of hydrogen-bond acceptors (Lipinski definition) is 3. The monoisotopic (exact) mass is 405 g/mol. The zero-order valence-corrected chi connectivity index (χ0v) is 15.8. The minimum atomic E-state index is -4.43. The Bertz CT molecular complexity index is 877. The van der Waals surface area contributed by atoms with E-state index in [4.69, 9.17) is 0 Å². The van der Waals surface area contributed by atoms with Crippen molar-refractivity contribution in [3.05, 3.63) is 59.7 Å². The first-order valence-corrected chi connectivity index (χ1v) is 9.33. The summed E-state index contributed by atoms with van der Waals surface area (Å²) < 4.78 is 38.2. The van der Waals surface area contributed by atoms with Gasteiger partial charge in [0.25, 0.3) is 0 Å². The summed E-state index contributed by atoms with van der Waals surface area (Å²) in [7, 11) is 0. The van der Waals surface area contributed by atoms with Crippen LogP contribution in [-0.2, 0) is 15.8 Å². The van der Waals surface area contributed by atoms with Crippen molar-refractivity contribution < 1.29 is 22.8 Å². The number of halogens is 3. The van der Waals surface area contributed by atoms with E-state index in [1.165, 1.54) is 12.1 Å². The number of carbonyl (C=O) groups excluding carboxylic acids is 2. The molecule has 1 aliphatic rings. The normalized spacial score (nSPS) is 14.8. The summed E-state index contributed by atoms with van der Waals surface area (Å²) in [6, 6.07) is 11.6. The van der Waals surface area contributed by atoms with Gasteiger partial charge >= 0.3 is 6.18 Å². The summed E-state index contributed by atoms with van der Waals surface area (Å²) in [4.78, 5) is 23.9. The van der Waals surface area contributed by atoms with Crippen molar-refractivity contribution in [3.63, 3.8) is 0 Å². The van der Waals surface area contributed by atoms with E-state index in [9.17, 15) is 22.8 Å². The van der Waals surface area contributed by atoms with Crippen LogP contribution >= 0.6 is 0 Å². The van der Waals surface area contributed by atoms with Crippen LogP contribution in [0.15, 0.2) is 48.5 Å². The molecule has 154 valence electrons. The molecule has 1 saturated carbocycles. The smallest absolute Gasteiger partial charge is 0.376 e. The van der Waals surface area contributed by atoms with Crippen molar-refractivity contribution in [1.82, 2.24) is 5.32 Å². The third-order valence-corrected chi connectivity index (χ3v) is 4.65. The Kier molecular flexibility index (Phi) is 6.10. The highest BCUT2D eigenvalue weighted by Crippen LogP contribution is 2.31. The second-order valence-electron chi connectivity index (χ2n) is 7.11. The average Bonchev–Trinajstić information content (AvgIpc) is 3.52. The van der Waals surface area contributed by atoms with Crippen LogP contribution in [0.5, 0.6) is 0 Å². The molecule has 0 spiro atoms. The molecule has 5 nitrogen and oxygen atoms in total. The van der Waals surface area contributed by atoms with Gasteiger partial charge in [0.2, 0.25) is 11.8 Å². The second-order valence-corrected chi connectivity index (χ2v) is 7.11. The van der Waals surface area contributed by atoms with Gasteiger partial charge in [0.15, 0.2) is 0 Å². The van der Waals surface area contributed by atoms with Crippen molar-refractivity contribution in [2.24, 2.45) is 5.92 Å². The van der Waals surface area contributed by atoms with Crippen molar-refractivity contribution in [2.45, 2.75) is 32.0 Å². The van der Waals surface area contributed by atoms with Gasteiger partial charge in [0.05, 0.1) is 18.2 Å². The second kappa shape index (κ2) is 8.55. The van der Waals surface area contributed by atoms with E-state index < -0.39 is 11.7 Å². The molecule has 1 atom stereocenters. The highest BCUT2D eigenvalue weighted by atomic mass is 19.4. The lowest BCUT2D eigenvalue weighted by molar-refractivity contribution is -0.137. The van der Waals surface area contributed by atoms with Crippen LogP contribution in [0, 0.1) is 5.92 Å². The first kappa shape index (κ1) is 20.7. The maximum atomic E-state index is 12.7. The van der Waals surface area contributed by atoms with Crippen molar-refractivity contribution in [2.75, 3.05) is 17.2 Å². The molecule has 29 heavy (non-hydrogen) atoms. The summed E-state index contributed by atoms with van der Waals surface area (Å²) >= 11 is 0. The van der Waals surface area contributed by atoms with Gasteiger partial charge in [-0.2, -0.15) is 13.2 Å². The average molecular weight is 405 g/mol. The molecule has 0 bridgehead atoms. The van der Waals surface area contributed by atoms with Crippen LogP contribution in [0.1, 0.15) is 36.9 Å². The first-order chi connectivity index (χ1) is 13.7. The predicted molar refractivity (Wildman–Crippen MR) is 104 cm³/mol. The largest absolute Gasteiger partial charge is 0.416 e. The molecule has 2 aromatic rings. The van der Waals surface area contributed by atoms with Crippen LogP contribution in [-0.4, -0.2) is 18.4 Å². The van der Waals surface area contributed by atoms with E-state index in [1.807, 2.05) is 12.1 Å². The van der Waals surface area contributed by atoms with E-state index in [0.29, 0.717) is 5.69 Å². The topological polar surface area (TPSA) is 70.2 Å². The molecular formula is C21H22F3N3O2. The maximum absolute atomic E-state index is 12.7. The number of amides is 2. The minimum Gasteiger partial charge on any atom is -0.376 e. The molecule has 1 unspecified atom stereocenters. The molecule has 0 radical (unpaired) electrons.